The maximum Gasteiger partial charge on any atom is 0.345 e. The van der Waals surface area contributed by atoms with E-state index in [2.05, 4.69) is 25.7 Å². The second-order valence-corrected chi connectivity index (χ2v) is 3.75. The average molecular weight is 282 g/mol. The summed E-state index contributed by atoms with van der Waals surface area (Å²) in [6.45, 7) is -2.99. The zero-order valence-electron chi connectivity index (χ0n) is 7.74. The molecule has 0 aliphatic rings. The molecule has 6 heteroatoms. The first-order valence-electron chi connectivity index (χ1n) is 4.29. The van der Waals surface area contributed by atoms with Crippen LogP contribution in [0.4, 0.5) is 8.78 Å². The van der Waals surface area contributed by atoms with E-state index in [0.717, 1.165) is 4.47 Å². The number of alkyl halides is 2. The van der Waals surface area contributed by atoms with Gasteiger partial charge in [-0.3, -0.25) is 4.98 Å². The van der Waals surface area contributed by atoms with Crippen molar-refractivity contribution in [3.63, 3.8) is 0 Å². The highest BCUT2D eigenvalue weighted by atomic mass is 79.9. The lowest BCUT2D eigenvalue weighted by Gasteiger charge is -2.09. The van der Waals surface area contributed by atoms with E-state index in [-0.39, 0.29) is 13.0 Å². The van der Waals surface area contributed by atoms with Gasteiger partial charge in [-0.05, 0) is 28.1 Å². The molecule has 0 fully saturated rings. The Morgan fingerprint density at radius 1 is 1.47 bits per heavy atom. The van der Waals surface area contributed by atoms with Crippen molar-refractivity contribution in [3.05, 3.63) is 28.5 Å². The summed E-state index contributed by atoms with van der Waals surface area (Å²) >= 11 is 3.20. The summed E-state index contributed by atoms with van der Waals surface area (Å²) in [6.07, 6.45) is 0.753. The first-order valence-corrected chi connectivity index (χ1v) is 5.08. The highest BCUT2D eigenvalue weighted by molar-refractivity contribution is 9.10. The van der Waals surface area contributed by atoms with Gasteiger partial charge in [0.25, 0.3) is 0 Å². The van der Waals surface area contributed by atoms with Gasteiger partial charge in [0, 0.05) is 17.1 Å². The van der Waals surface area contributed by atoms with Crippen molar-refractivity contribution in [2.24, 2.45) is 0 Å². The van der Waals surface area contributed by atoms with Crippen LogP contribution in [-0.2, 0) is 4.74 Å². The molecule has 0 radical (unpaired) electrons. The van der Waals surface area contributed by atoms with Gasteiger partial charge in [0.1, 0.15) is 0 Å². The standard InChI is InChI=1S/C9H10BrF2NO2/c10-6-1-2-7(13-5-6)8(14)3-4-15-9(11)12/h1-2,5,8-9,14H,3-4H2. The Balaban J connectivity index is 2.40. The predicted molar refractivity (Wildman–Crippen MR) is 53.5 cm³/mol. The van der Waals surface area contributed by atoms with E-state index in [0.29, 0.717) is 5.69 Å². The van der Waals surface area contributed by atoms with Crippen LogP contribution < -0.4 is 0 Å². The van der Waals surface area contributed by atoms with E-state index >= 15 is 0 Å². The van der Waals surface area contributed by atoms with Crippen molar-refractivity contribution in [1.82, 2.24) is 4.98 Å². The lowest BCUT2D eigenvalue weighted by molar-refractivity contribution is -0.133. The lowest BCUT2D eigenvalue weighted by atomic mass is 10.2. The molecule has 0 aliphatic carbocycles. The number of aliphatic hydroxyl groups excluding tert-OH is 1. The molecule has 1 rings (SSSR count). The third-order valence-electron chi connectivity index (χ3n) is 1.73. The van der Waals surface area contributed by atoms with Gasteiger partial charge in [0.2, 0.25) is 0 Å². The molecule has 0 bridgehead atoms. The molecule has 84 valence electrons. The minimum Gasteiger partial charge on any atom is -0.387 e. The summed E-state index contributed by atoms with van der Waals surface area (Å²) in [7, 11) is 0. The highest BCUT2D eigenvalue weighted by Crippen LogP contribution is 2.16. The van der Waals surface area contributed by atoms with Crippen LogP contribution in [0.3, 0.4) is 0 Å². The monoisotopic (exact) mass is 281 g/mol. The molecule has 1 unspecified atom stereocenters. The number of rotatable bonds is 5. The molecule has 1 N–H and O–H groups in total. The van der Waals surface area contributed by atoms with Crippen molar-refractivity contribution in [2.45, 2.75) is 19.1 Å². The average Bonchev–Trinajstić information content (AvgIpc) is 2.18. The Labute approximate surface area is 94.2 Å². The van der Waals surface area contributed by atoms with Gasteiger partial charge >= 0.3 is 6.61 Å². The fourth-order valence-electron chi connectivity index (χ4n) is 1.00. The van der Waals surface area contributed by atoms with Crippen LogP contribution in [0.2, 0.25) is 0 Å². The van der Waals surface area contributed by atoms with Crippen LogP contribution in [0.1, 0.15) is 18.2 Å². The van der Waals surface area contributed by atoms with Crippen LogP contribution in [0.25, 0.3) is 0 Å². The fourth-order valence-corrected chi connectivity index (χ4v) is 1.24. The summed E-state index contributed by atoms with van der Waals surface area (Å²) < 4.78 is 28.1. The Kier molecular flexibility index (Phi) is 5.07. The molecule has 0 aromatic carbocycles. The molecule has 3 nitrogen and oxygen atoms in total. The molecule has 0 saturated carbocycles. The maximum absolute atomic E-state index is 11.6. The first kappa shape index (κ1) is 12.5. The van der Waals surface area contributed by atoms with Gasteiger partial charge in [-0.25, -0.2) is 0 Å². The number of aromatic nitrogens is 1. The molecule has 0 amide bonds. The molecule has 1 atom stereocenters. The number of hydrogen-bond acceptors (Lipinski definition) is 3. The van der Waals surface area contributed by atoms with Crippen molar-refractivity contribution < 1.29 is 18.6 Å². The minimum absolute atomic E-state index is 0.0962. The largest absolute Gasteiger partial charge is 0.387 e. The summed E-state index contributed by atoms with van der Waals surface area (Å²) in [4.78, 5) is 3.94. The van der Waals surface area contributed by atoms with Gasteiger partial charge < -0.3 is 9.84 Å². The van der Waals surface area contributed by atoms with Crippen molar-refractivity contribution in [1.29, 1.82) is 0 Å². The third kappa shape index (κ3) is 4.63. The second-order valence-electron chi connectivity index (χ2n) is 2.84. The first-order chi connectivity index (χ1) is 7.09. The molecule has 0 saturated heterocycles. The molecule has 0 spiro atoms. The minimum atomic E-state index is -2.80. The van der Waals surface area contributed by atoms with Crippen molar-refractivity contribution in [2.75, 3.05) is 6.61 Å². The third-order valence-corrected chi connectivity index (χ3v) is 2.20. The number of ether oxygens (including phenoxy) is 1. The van der Waals surface area contributed by atoms with Gasteiger partial charge in [0.15, 0.2) is 0 Å². The van der Waals surface area contributed by atoms with Gasteiger partial charge in [0.05, 0.1) is 18.4 Å². The SMILES string of the molecule is OC(CCOC(F)F)c1ccc(Br)cn1. The summed E-state index contributed by atoms with van der Waals surface area (Å²) in [5.74, 6) is 0. The van der Waals surface area contributed by atoms with Crippen molar-refractivity contribution in [3.8, 4) is 0 Å². The smallest absolute Gasteiger partial charge is 0.345 e. The molecule has 1 aromatic heterocycles. The highest BCUT2D eigenvalue weighted by Gasteiger charge is 2.10. The van der Waals surface area contributed by atoms with Crippen LogP contribution in [0.15, 0.2) is 22.8 Å². The second kappa shape index (κ2) is 6.09. The van der Waals surface area contributed by atoms with E-state index in [4.69, 9.17) is 0 Å². The number of nitrogens with zero attached hydrogens (tertiary/aromatic N) is 1. The quantitative estimate of drug-likeness (QED) is 0.902. The molecule has 0 aliphatic heterocycles. The zero-order chi connectivity index (χ0) is 11.3. The molecule has 1 heterocycles. The van der Waals surface area contributed by atoms with Crippen LogP contribution in [-0.4, -0.2) is 23.3 Å². The molecular formula is C9H10BrF2NO2. The summed E-state index contributed by atoms with van der Waals surface area (Å²) in [5.41, 5.74) is 0.441. The van der Waals surface area contributed by atoms with Crippen LogP contribution >= 0.6 is 15.9 Å². The maximum atomic E-state index is 11.6. The number of hydrogen-bond donors (Lipinski definition) is 1. The lowest BCUT2D eigenvalue weighted by Crippen LogP contribution is -2.07. The Morgan fingerprint density at radius 3 is 2.73 bits per heavy atom. The van der Waals surface area contributed by atoms with Crippen molar-refractivity contribution >= 4 is 15.9 Å². The molecule has 15 heavy (non-hydrogen) atoms. The fraction of sp³-hybridized carbons (Fsp3) is 0.444. The van der Waals surface area contributed by atoms with Gasteiger partial charge in [-0.15, -0.1) is 0 Å². The van der Waals surface area contributed by atoms with E-state index in [9.17, 15) is 13.9 Å². The van der Waals surface area contributed by atoms with E-state index < -0.39 is 12.7 Å². The Hall–Kier alpha value is -0.590. The van der Waals surface area contributed by atoms with Gasteiger partial charge in [-0.2, -0.15) is 8.78 Å². The van der Waals surface area contributed by atoms with E-state index in [1.54, 1.807) is 12.1 Å². The zero-order valence-corrected chi connectivity index (χ0v) is 9.32. The number of aliphatic hydroxyl groups is 1. The Bertz CT molecular complexity index is 295. The van der Waals surface area contributed by atoms with E-state index in [1.165, 1.54) is 6.20 Å². The van der Waals surface area contributed by atoms with E-state index in [1.807, 2.05) is 0 Å². The van der Waals surface area contributed by atoms with Crippen LogP contribution in [0.5, 0.6) is 0 Å². The topological polar surface area (TPSA) is 42.4 Å². The normalized spacial score (nSPS) is 13.1. The van der Waals surface area contributed by atoms with Gasteiger partial charge in [-0.1, -0.05) is 0 Å². The molecule has 1 aromatic rings. The number of pyridine rings is 1. The number of halogens is 3. The summed E-state index contributed by atoms with van der Waals surface area (Å²) in [6, 6.07) is 3.34. The Morgan fingerprint density at radius 2 is 2.20 bits per heavy atom. The predicted octanol–water partition coefficient (Wildman–Crippen LogP) is 2.51. The van der Waals surface area contributed by atoms with Crippen LogP contribution in [0, 0.1) is 0 Å². The molecular weight excluding hydrogens is 272 g/mol. The summed E-state index contributed by atoms with van der Waals surface area (Å²) in [5, 5.41) is 9.52.